The summed E-state index contributed by atoms with van der Waals surface area (Å²) in [6, 6.07) is 3.58. The van der Waals surface area contributed by atoms with E-state index in [0.29, 0.717) is 27.9 Å². The largest absolute Gasteiger partial charge is 0.472 e. The molecule has 22 heavy (non-hydrogen) atoms. The smallest absolute Gasteiger partial charge is 0.265 e. The molecule has 0 fully saturated rings. The van der Waals surface area contributed by atoms with E-state index in [9.17, 15) is 4.79 Å². The van der Waals surface area contributed by atoms with E-state index in [1.807, 2.05) is 13.0 Å². The zero-order valence-electron chi connectivity index (χ0n) is 12.2. The van der Waals surface area contributed by atoms with E-state index in [0.717, 1.165) is 5.56 Å². The van der Waals surface area contributed by atoms with Gasteiger partial charge >= 0.3 is 0 Å². The molecule has 3 aromatic heterocycles. The Morgan fingerprint density at radius 1 is 1.36 bits per heavy atom. The minimum atomic E-state index is -0.0709. The molecule has 0 bridgehead atoms. The van der Waals surface area contributed by atoms with Crippen LogP contribution in [0.4, 0.5) is 0 Å². The molecule has 0 saturated carbocycles. The summed E-state index contributed by atoms with van der Waals surface area (Å²) >= 11 is 1.31. The fourth-order valence-corrected chi connectivity index (χ4v) is 3.01. The van der Waals surface area contributed by atoms with Gasteiger partial charge in [0.1, 0.15) is 4.88 Å². The normalized spacial score (nSPS) is 10.6. The molecule has 0 aliphatic rings. The van der Waals surface area contributed by atoms with Crippen LogP contribution >= 0.6 is 11.3 Å². The topological polar surface area (TPSA) is 72.1 Å². The van der Waals surface area contributed by atoms with Gasteiger partial charge in [0, 0.05) is 31.5 Å². The molecule has 0 radical (unpaired) electrons. The van der Waals surface area contributed by atoms with Gasteiger partial charge < -0.3 is 9.32 Å². The molecule has 0 atom stereocenters. The third-order valence-electron chi connectivity index (χ3n) is 3.09. The van der Waals surface area contributed by atoms with Crippen molar-refractivity contribution >= 4 is 17.2 Å². The fourth-order valence-electron chi connectivity index (χ4n) is 2.00. The summed E-state index contributed by atoms with van der Waals surface area (Å²) < 4.78 is 5.02. The van der Waals surface area contributed by atoms with Crippen LogP contribution in [-0.4, -0.2) is 32.8 Å². The monoisotopic (exact) mass is 314 g/mol. The first-order chi connectivity index (χ1) is 10.6. The van der Waals surface area contributed by atoms with Crippen molar-refractivity contribution in [1.29, 1.82) is 0 Å². The summed E-state index contributed by atoms with van der Waals surface area (Å²) in [5.41, 5.74) is 1.64. The molecule has 1 amide bonds. The Bertz CT molecular complexity index is 768. The summed E-state index contributed by atoms with van der Waals surface area (Å²) in [5.74, 6) is 0.463. The van der Waals surface area contributed by atoms with Crippen LogP contribution < -0.4 is 0 Å². The van der Waals surface area contributed by atoms with Gasteiger partial charge in [0.05, 0.1) is 18.2 Å². The summed E-state index contributed by atoms with van der Waals surface area (Å²) in [5, 5.41) is 0.651. The molecule has 0 N–H and O–H groups in total. The van der Waals surface area contributed by atoms with Crippen LogP contribution in [0.3, 0.4) is 0 Å². The van der Waals surface area contributed by atoms with Gasteiger partial charge in [-0.1, -0.05) is 0 Å². The first kappa shape index (κ1) is 14.4. The number of aromatic nitrogens is 3. The SMILES string of the molecule is Cc1nc(-c2ncccn2)sc1C(=O)N(C)Cc1ccoc1. The maximum absolute atomic E-state index is 12.6. The molecular weight excluding hydrogens is 300 g/mol. The second kappa shape index (κ2) is 6.07. The Morgan fingerprint density at radius 2 is 2.14 bits per heavy atom. The Hall–Kier alpha value is -2.54. The number of aryl methyl sites for hydroxylation is 1. The molecule has 0 aliphatic carbocycles. The quantitative estimate of drug-likeness (QED) is 0.740. The molecule has 3 aromatic rings. The van der Waals surface area contributed by atoms with Crippen molar-refractivity contribution in [1.82, 2.24) is 19.9 Å². The molecule has 0 aliphatic heterocycles. The molecule has 7 heteroatoms. The first-order valence-corrected chi connectivity index (χ1v) is 7.48. The lowest BCUT2D eigenvalue weighted by Crippen LogP contribution is -2.25. The summed E-state index contributed by atoms with van der Waals surface area (Å²) in [7, 11) is 1.76. The lowest BCUT2D eigenvalue weighted by atomic mass is 10.3. The third kappa shape index (κ3) is 2.89. The van der Waals surface area contributed by atoms with Crippen LogP contribution in [0.2, 0.25) is 0 Å². The minimum Gasteiger partial charge on any atom is -0.472 e. The highest BCUT2D eigenvalue weighted by Gasteiger charge is 2.20. The van der Waals surface area contributed by atoms with Crippen LogP contribution in [0.5, 0.6) is 0 Å². The number of hydrogen-bond donors (Lipinski definition) is 0. The predicted octanol–water partition coefficient (Wildman–Crippen LogP) is 2.77. The molecule has 3 heterocycles. The Balaban J connectivity index is 1.82. The van der Waals surface area contributed by atoms with Crippen molar-refractivity contribution in [3.63, 3.8) is 0 Å². The van der Waals surface area contributed by atoms with E-state index < -0.39 is 0 Å². The Kier molecular flexibility index (Phi) is 3.97. The van der Waals surface area contributed by atoms with Crippen molar-refractivity contribution in [2.75, 3.05) is 7.05 Å². The lowest BCUT2D eigenvalue weighted by molar-refractivity contribution is 0.0789. The first-order valence-electron chi connectivity index (χ1n) is 6.66. The highest BCUT2D eigenvalue weighted by atomic mass is 32.1. The van der Waals surface area contributed by atoms with Crippen LogP contribution in [0.25, 0.3) is 10.8 Å². The second-order valence-electron chi connectivity index (χ2n) is 4.80. The van der Waals surface area contributed by atoms with Crippen LogP contribution in [0.1, 0.15) is 20.9 Å². The Morgan fingerprint density at radius 3 is 2.82 bits per heavy atom. The molecule has 0 aromatic carbocycles. The molecule has 112 valence electrons. The second-order valence-corrected chi connectivity index (χ2v) is 5.80. The van der Waals surface area contributed by atoms with Gasteiger partial charge in [-0.25, -0.2) is 15.0 Å². The van der Waals surface area contributed by atoms with Crippen molar-refractivity contribution in [2.24, 2.45) is 0 Å². The molecular formula is C15H14N4O2S. The van der Waals surface area contributed by atoms with Crippen LogP contribution in [-0.2, 0) is 6.54 Å². The minimum absolute atomic E-state index is 0.0709. The maximum atomic E-state index is 12.6. The summed E-state index contributed by atoms with van der Waals surface area (Å²) in [4.78, 5) is 27.6. The van der Waals surface area contributed by atoms with Gasteiger partial charge in [0.25, 0.3) is 5.91 Å². The molecule has 3 rings (SSSR count). The zero-order valence-corrected chi connectivity index (χ0v) is 13.0. The third-order valence-corrected chi connectivity index (χ3v) is 4.24. The van der Waals surface area contributed by atoms with Crippen molar-refractivity contribution in [3.05, 3.63) is 53.2 Å². The van der Waals surface area contributed by atoms with Crippen LogP contribution in [0.15, 0.2) is 41.5 Å². The standard InChI is InChI=1S/C15H14N4O2S/c1-10-12(15(20)19(2)8-11-4-7-21-9-11)22-14(18-10)13-16-5-3-6-17-13/h3-7,9H,8H2,1-2H3. The number of hydrogen-bond acceptors (Lipinski definition) is 6. The van der Waals surface area contributed by atoms with Crippen molar-refractivity contribution in [3.8, 4) is 10.8 Å². The van der Waals surface area contributed by atoms with E-state index in [4.69, 9.17) is 4.42 Å². The number of nitrogens with zero attached hydrogens (tertiary/aromatic N) is 4. The number of carbonyl (C=O) groups excluding carboxylic acids is 1. The van der Waals surface area contributed by atoms with Gasteiger partial charge in [0.2, 0.25) is 0 Å². The average Bonchev–Trinajstić information content (AvgIpc) is 3.17. The number of amides is 1. The van der Waals surface area contributed by atoms with E-state index in [1.54, 1.807) is 42.9 Å². The zero-order chi connectivity index (χ0) is 15.5. The van der Waals surface area contributed by atoms with E-state index in [1.165, 1.54) is 11.3 Å². The maximum Gasteiger partial charge on any atom is 0.265 e. The number of furan rings is 1. The highest BCUT2D eigenvalue weighted by Crippen LogP contribution is 2.26. The van der Waals surface area contributed by atoms with Crippen molar-refractivity contribution in [2.45, 2.75) is 13.5 Å². The number of thiazole rings is 1. The van der Waals surface area contributed by atoms with Gasteiger partial charge in [0.15, 0.2) is 10.8 Å². The highest BCUT2D eigenvalue weighted by molar-refractivity contribution is 7.17. The summed E-state index contributed by atoms with van der Waals surface area (Å²) in [6.07, 6.45) is 6.54. The average molecular weight is 314 g/mol. The van der Waals surface area contributed by atoms with Gasteiger partial charge in [-0.2, -0.15) is 0 Å². The molecule has 0 unspecified atom stereocenters. The molecule has 6 nitrogen and oxygen atoms in total. The lowest BCUT2D eigenvalue weighted by Gasteiger charge is -2.15. The van der Waals surface area contributed by atoms with E-state index in [-0.39, 0.29) is 5.91 Å². The molecule has 0 spiro atoms. The van der Waals surface area contributed by atoms with Gasteiger partial charge in [-0.15, -0.1) is 11.3 Å². The van der Waals surface area contributed by atoms with E-state index in [2.05, 4.69) is 15.0 Å². The van der Waals surface area contributed by atoms with E-state index >= 15 is 0 Å². The molecule has 0 saturated heterocycles. The number of carbonyl (C=O) groups is 1. The van der Waals surface area contributed by atoms with Gasteiger partial charge in [-0.3, -0.25) is 4.79 Å². The van der Waals surface area contributed by atoms with Gasteiger partial charge in [-0.05, 0) is 19.1 Å². The van der Waals surface area contributed by atoms with Crippen LogP contribution in [0, 0.1) is 6.92 Å². The fraction of sp³-hybridized carbons (Fsp3) is 0.200. The summed E-state index contributed by atoms with van der Waals surface area (Å²) in [6.45, 7) is 2.31. The number of rotatable bonds is 4. The van der Waals surface area contributed by atoms with Crippen molar-refractivity contribution < 1.29 is 9.21 Å². The Labute approximate surface area is 131 Å². The predicted molar refractivity (Wildman–Crippen MR) is 82.4 cm³/mol.